The van der Waals surface area contributed by atoms with Crippen LogP contribution in [0.2, 0.25) is 0 Å². The molecule has 0 radical (unpaired) electrons. The highest BCUT2D eigenvalue weighted by molar-refractivity contribution is 9.10. The Hall–Kier alpha value is -1.42. The first-order valence-corrected chi connectivity index (χ1v) is 5.80. The lowest BCUT2D eigenvalue weighted by Crippen LogP contribution is -1.95. The van der Waals surface area contributed by atoms with Crippen LogP contribution < -0.4 is 4.74 Å². The normalized spacial score (nSPS) is 10.1. The summed E-state index contributed by atoms with van der Waals surface area (Å²) >= 11 is 3.41. The molecule has 1 aromatic heterocycles. The summed E-state index contributed by atoms with van der Waals surface area (Å²) < 4.78 is 6.34. The highest BCUT2D eigenvalue weighted by atomic mass is 79.9. The Labute approximate surface area is 103 Å². The van der Waals surface area contributed by atoms with Gasteiger partial charge in [0.2, 0.25) is 0 Å². The Morgan fingerprint density at radius 1 is 1.25 bits per heavy atom. The molecule has 0 aliphatic rings. The monoisotopic (exact) mass is 278 g/mol. The van der Waals surface area contributed by atoms with Gasteiger partial charge < -0.3 is 4.74 Å². The molecule has 0 amide bonds. The third kappa shape index (κ3) is 2.22. The quantitative estimate of drug-likeness (QED) is 0.808. The molecule has 0 saturated carbocycles. The summed E-state index contributed by atoms with van der Waals surface area (Å²) in [6.45, 7) is 2.61. The van der Waals surface area contributed by atoms with Crippen LogP contribution in [0.15, 0.2) is 41.4 Å². The largest absolute Gasteiger partial charge is 0.493 e. The van der Waals surface area contributed by atoms with Gasteiger partial charge in [-0.3, -0.25) is 0 Å². The van der Waals surface area contributed by atoms with E-state index in [0.717, 1.165) is 21.5 Å². The van der Waals surface area contributed by atoms with E-state index in [-0.39, 0.29) is 0 Å². The van der Waals surface area contributed by atoms with E-state index < -0.39 is 0 Å². The van der Waals surface area contributed by atoms with E-state index in [4.69, 9.17) is 4.74 Å². The molecular formula is C12H11BrN2O. The number of hydrogen-bond acceptors (Lipinski definition) is 3. The Kier molecular flexibility index (Phi) is 3.51. The maximum atomic E-state index is 5.57. The topological polar surface area (TPSA) is 35.0 Å². The van der Waals surface area contributed by atoms with Crippen LogP contribution in [0.25, 0.3) is 11.1 Å². The third-order valence-corrected chi connectivity index (χ3v) is 2.77. The van der Waals surface area contributed by atoms with E-state index in [0.29, 0.717) is 6.61 Å². The van der Waals surface area contributed by atoms with E-state index >= 15 is 0 Å². The Balaban J connectivity index is 2.51. The predicted molar refractivity (Wildman–Crippen MR) is 66.3 cm³/mol. The van der Waals surface area contributed by atoms with Crippen molar-refractivity contribution in [3.05, 3.63) is 41.4 Å². The number of nitrogens with zero attached hydrogens (tertiary/aromatic N) is 2. The molecule has 2 aromatic rings. The molecule has 0 unspecified atom stereocenters. The van der Waals surface area contributed by atoms with Gasteiger partial charge in [0.05, 0.1) is 6.61 Å². The van der Waals surface area contributed by atoms with Gasteiger partial charge in [0.25, 0.3) is 0 Å². The summed E-state index contributed by atoms with van der Waals surface area (Å²) in [5, 5.41) is 0. The summed E-state index contributed by atoms with van der Waals surface area (Å²) in [5.74, 6) is 0.848. The van der Waals surface area contributed by atoms with Crippen LogP contribution in [0.4, 0.5) is 0 Å². The zero-order valence-electron chi connectivity index (χ0n) is 8.85. The first-order valence-electron chi connectivity index (χ1n) is 5.00. The highest BCUT2D eigenvalue weighted by Crippen LogP contribution is 2.32. The van der Waals surface area contributed by atoms with Gasteiger partial charge in [-0.1, -0.05) is 18.2 Å². The summed E-state index contributed by atoms with van der Waals surface area (Å²) in [4.78, 5) is 8.13. The highest BCUT2D eigenvalue weighted by Gasteiger charge is 2.09. The SMILES string of the molecule is CCOc1ccccc1-c1cncnc1Br. The van der Waals surface area contributed by atoms with E-state index in [2.05, 4.69) is 25.9 Å². The molecule has 0 atom stereocenters. The van der Waals surface area contributed by atoms with Crippen molar-refractivity contribution >= 4 is 15.9 Å². The van der Waals surface area contributed by atoms with Gasteiger partial charge in [0.15, 0.2) is 0 Å². The minimum Gasteiger partial charge on any atom is -0.493 e. The molecule has 0 bridgehead atoms. The minimum absolute atomic E-state index is 0.641. The van der Waals surface area contributed by atoms with Gasteiger partial charge in [-0.05, 0) is 28.9 Å². The Morgan fingerprint density at radius 3 is 2.81 bits per heavy atom. The maximum Gasteiger partial charge on any atom is 0.127 e. The molecule has 4 heteroatoms. The molecule has 2 rings (SSSR count). The van der Waals surface area contributed by atoms with Crippen molar-refractivity contribution in [3.63, 3.8) is 0 Å². The fourth-order valence-corrected chi connectivity index (χ4v) is 1.87. The molecule has 0 aliphatic heterocycles. The molecule has 82 valence electrons. The lowest BCUT2D eigenvalue weighted by molar-refractivity contribution is 0.341. The van der Waals surface area contributed by atoms with Crippen molar-refractivity contribution < 1.29 is 4.74 Å². The first kappa shape index (κ1) is 11.1. The van der Waals surface area contributed by atoms with Crippen LogP contribution in [0, 0.1) is 0 Å². The van der Waals surface area contributed by atoms with Gasteiger partial charge in [-0.2, -0.15) is 0 Å². The second kappa shape index (κ2) is 5.07. The number of halogens is 1. The van der Waals surface area contributed by atoms with Gasteiger partial charge in [0.1, 0.15) is 16.7 Å². The summed E-state index contributed by atoms with van der Waals surface area (Å²) in [5.41, 5.74) is 1.93. The number of ether oxygens (including phenoxy) is 1. The van der Waals surface area contributed by atoms with E-state index in [1.54, 1.807) is 6.20 Å². The molecule has 1 aromatic carbocycles. The van der Waals surface area contributed by atoms with Gasteiger partial charge in [-0.15, -0.1) is 0 Å². The van der Waals surface area contributed by atoms with Crippen LogP contribution in [0.1, 0.15) is 6.92 Å². The van der Waals surface area contributed by atoms with Crippen LogP contribution >= 0.6 is 15.9 Å². The Morgan fingerprint density at radius 2 is 2.06 bits per heavy atom. The molecule has 0 aliphatic carbocycles. The van der Waals surface area contributed by atoms with Crippen molar-refractivity contribution in [1.29, 1.82) is 0 Å². The maximum absolute atomic E-state index is 5.57. The minimum atomic E-state index is 0.641. The second-order valence-corrected chi connectivity index (χ2v) is 3.91. The molecule has 0 saturated heterocycles. The second-order valence-electron chi connectivity index (χ2n) is 3.16. The standard InChI is InChI=1S/C12H11BrN2O/c1-2-16-11-6-4-3-5-9(11)10-7-14-8-15-12(10)13/h3-8H,2H2,1H3. The zero-order chi connectivity index (χ0) is 11.4. The number of para-hydroxylation sites is 1. The van der Waals surface area contributed by atoms with Crippen LogP contribution in [0.3, 0.4) is 0 Å². The molecule has 1 heterocycles. The van der Waals surface area contributed by atoms with E-state index in [9.17, 15) is 0 Å². The van der Waals surface area contributed by atoms with Crippen molar-refractivity contribution in [2.45, 2.75) is 6.92 Å². The number of hydrogen-bond donors (Lipinski definition) is 0. The molecule has 16 heavy (non-hydrogen) atoms. The van der Waals surface area contributed by atoms with Gasteiger partial charge in [-0.25, -0.2) is 9.97 Å². The van der Waals surface area contributed by atoms with Crippen molar-refractivity contribution in [2.24, 2.45) is 0 Å². The molecule has 0 spiro atoms. The molecule has 0 fully saturated rings. The first-order chi connectivity index (χ1) is 7.83. The summed E-state index contributed by atoms with van der Waals surface area (Å²) in [6, 6.07) is 7.86. The number of rotatable bonds is 3. The molecule has 3 nitrogen and oxygen atoms in total. The van der Waals surface area contributed by atoms with Crippen molar-refractivity contribution in [2.75, 3.05) is 6.61 Å². The smallest absolute Gasteiger partial charge is 0.127 e. The van der Waals surface area contributed by atoms with E-state index in [1.165, 1.54) is 6.33 Å². The average Bonchev–Trinajstić information content (AvgIpc) is 2.31. The fourth-order valence-electron chi connectivity index (χ4n) is 1.47. The van der Waals surface area contributed by atoms with Crippen LogP contribution in [0.5, 0.6) is 5.75 Å². The third-order valence-electron chi connectivity index (χ3n) is 2.14. The summed E-state index contributed by atoms with van der Waals surface area (Å²) in [6.07, 6.45) is 3.28. The lowest BCUT2D eigenvalue weighted by Gasteiger charge is -2.10. The fraction of sp³-hybridized carbons (Fsp3) is 0.167. The summed E-state index contributed by atoms with van der Waals surface area (Å²) in [7, 11) is 0. The number of benzene rings is 1. The Bertz CT molecular complexity index is 488. The van der Waals surface area contributed by atoms with Crippen LogP contribution in [-0.4, -0.2) is 16.6 Å². The lowest BCUT2D eigenvalue weighted by atomic mass is 10.1. The number of aromatic nitrogens is 2. The predicted octanol–water partition coefficient (Wildman–Crippen LogP) is 3.30. The molecular weight excluding hydrogens is 268 g/mol. The zero-order valence-corrected chi connectivity index (χ0v) is 10.4. The average molecular weight is 279 g/mol. The van der Waals surface area contributed by atoms with Crippen molar-refractivity contribution in [3.8, 4) is 16.9 Å². The van der Waals surface area contributed by atoms with Crippen LogP contribution in [-0.2, 0) is 0 Å². The van der Waals surface area contributed by atoms with Gasteiger partial charge >= 0.3 is 0 Å². The van der Waals surface area contributed by atoms with E-state index in [1.807, 2.05) is 31.2 Å². The van der Waals surface area contributed by atoms with Gasteiger partial charge in [0, 0.05) is 17.3 Å². The molecule has 0 N–H and O–H groups in total. The van der Waals surface area contributed by atoms with Crippen molar-refractivity contribution in [1.82, 2.24) is 9.97 Å².